The monoisotopic (exact) mass is 639 g/mol. The summed E-state index contributed by atoms with van der Waals surface area (Å²) in [5.41, 5.74) is 15.9. The first-order valence-electron chi connectivity index (χ1n) is 17.2. The highest BCUT2D eigenvalue weighted by atomic mass is 15.1. The van der Waals surface area contributed by atoms with Gasteiger partial charge in [-0.2, -0.15) is 4.57 Å². The Morgan fingerprint density at radius 2 is 0.620 bits per heavy atom. The van der Waals surface area contributed by atoms with Crippen LogP contribution in [-0.2, 0) is 0 Å². The molecule has 0 saturated carbocycles. The predicted molar refractivity (Wildman–Crippen MR) is 207 cm³/mol. The van der Waals surface area contributed by atoms with E-state index in [0.717, 1.165) is 17.1 Å². The highest BCUT2D eigenvalue weighted by molar-refractivity contribution is 5.81. The standard InChI is InChI=1S/C48H35N2/c1-3-11-35(12-4-1)37-19-25-41(26-20-37)50(42-27-21-38(22-28-42)36-13-5-2-6-14-36)43-29-23-39(24-30-43)40-31-33-49(34-32-40)48-46-17-9-7-15-44(46)45-16-8-10-18-47(45)48/h1-34,48H/q+1. The Kier molecular flexibility index (Phi) is 7.60. The highest BCUT2D eigenvalue weighted by Crippen LogP contribution is 2.43. The maximum Gasteiger partial charge on any atom is 0.210 e. The van der Waals surface area contributed by atoms with E-state index in [0.29, 0.717) is 0 Å². The Labute approximate surface area is 293 Å². The zero-order valence-electron chi connectivity index (χ0n) is 27.6. The van der Waals surface area contributed by atoms with Crippen molar-refractivity contribution >= 4 is 17.1 Å². The predicted octanol–water partition coefficient (Wildman–Crippen LogP) is 12.1. The average Bonchev–Trinajstić information content (AvgIpc) is 3.54. The largest absolute Gasteiger partial charge is 0.311 e. The maximum absolute atomic E-state index is 2.34. The van der Waals surface area contributed by atoms with Crippen LogP contribution in [0, 0.1) is 0 Å². The molecule has 0 saturated heterocycles. The van der Waals surface area contributed by atoms with Gasteiger partial charge in [-0.1, -0.05) is 146 Å². The van der Waals surface area contributed by atoms with Crippen LogP contribution in [0.15, 0.2) is 207 Å². The average molecular weight is 640 g/mol. The van der Waals surface area contributed by atoms with E-state index in [4.69, 9.17) is 0 Å². The fraction of sp³-hybridized carbons (Fsp3) is 0.0208. The van der Waals surface area contributed by atoms with Crippen molar-refractivity contribution < 1.29 is 4.57 Å². The molecule has 7 aromatic carbocycles. The summed E-state index contributed by atoms with van der Waals surface area (Å²) >= 11 is 0. The second-order valence-corrected chi connectivity index (χ2v) is 12.8. The summed E-state index contributed by atoms with van der Waals surface area (Å²) in [7, 11) is 0. The lowest BCUT2D eigenvalue weighted by molar-refractivity contribution is -0.704. The van der Waals surface area contributed by atoms with Crippen molar-refractivity contribution in [1.82, 2.24) is 0 Å². The van der Waals surface area contributed by atoms with E-state index in [9.17, 15) is 0 Å². The van der Waals surface area contributed by atoms with Gasteiger partial charge >= 0.3 is 0 Å². The van der Waals surface area contributed by atoms with Gasteiger partial charge < -0.3 is 4.90 Å². The first kappa shape index (κ1) is 29.6. The Balaban J connectivity index is 1.03. The lowest BCUT2D eigenvalue weighted by atomic mass is 10.0. The minimum absolute atomic E-state index is 0.175. The van der Waals surface area contributed by atoms with Crippen molar-refractivity contribution in [3.8, 4) is 44.5 Å². The molecule has 0 radical (unpaired) electrons. The number of hydrogen-bond acceptors (Lipinski definition) is 1. The summed E-state index contributed by atoms with van der Waals surface area (Å²) in [6, 6.07) is 70.0. The lowest BCUT2D eigenvalue weighted by Crippen LogP contribution is -2.38. The molecule has 0 aliphatic heterocycles. The van der Waals surface area contributed by atoms with Gasteiger partial charge in [0.15, 0.2) is 12.4 Å². The van der Waals surface area contributed by atoms with Gasteiger partial charge in [-0.25, -0.2) is 0 Å². The smallest absolute Gasteiger partial charge is 0.210 e. The molecule has 0 unspecified atom stereocenters. The molecule has 50 heavy (non-hydrogen) atoms. The molecule has 0 atom stereocenters. The number of fused-ring (bicyclic) bond motifs is 3. The zero-order valence-corrected chi connectivity index (χ0v) is 27.6. The normalized spacial score (nSPS) is 11.9. The van der Waals surface area contributed by atoms with Crippen molar-refractivity contribution in [2.45, 2.75) is 6.04 Å². The number of benzene rings is 7. The minimum atomic E-state index is 0.175. The van der Waals surface area contributed by atoms with Gasteiger partial charge in [0.1, 0.15) is 0 Å². The third-order valence-electron chi connectivity index (χ3n) is 9.88. The summed E-state index contributed by atoms with van der Waals surface area (Å²) in [5.74, 6) is 0. The fourth-order valence-electron chi connectivity index (χ4n) is 7.37. The summed E-state index contributed by atoms with van der Waals surface area (Å²) in [4.78, 5) is 2.33. The molecule has 236 valence electrons. The molecular formula is C48H35N2+. The molecular weight excluding hydrogens is 605 g/mol. The molecule has 8 aromatic rings. The summed E-state index contributed by atoms with van der Waals surface area (Å²) in [6.45, 7) is 0. The molecule has 1 aromatic heterocycles. The Morgan fingerprint density at radius 3 is 1.02 bits per heavy atom. The number of nitrogens with zero attached hydrogens (tertiary/aromatic N) is 2. The second kappa shape index (κ2) is 12.8. The molecule has 0 fully saturated rings. The first-order chi connectivity index (χ1) is 24.8. The van der Waals surface area contributed by atoms with Gasteiger partial charge in [-0.15, -0.1) is 0 Å². The van der Waals surface area contributed by atoms with Crippen molar-refractivity contribution in [2.75, 3.05) is 4.90 Å². The van der Waals surface area contributed by atoms with E-state index in [1.165, 1.54) is 55.6 Å². The van der Waals surface area contributed by atoms with Crippen LogP contribution in [0.25, 0.3) is 44.5 Å². The molecule has 1 aliphatic rings. The number of aromatic nitrogens is 1. The van der Waals surface area contributed by atoms with E-state index in [1.54, 1.807) is 0 Å². The van der Waals surface area contributed by atoms with Crippen LogP contribution in [0.4, 0.5) is 17.1 Å². The van der Waals surface area contributed by atoms with Crippen molar-refractivity contribution in [1.29, 1.82) is 0 Å². The Bertz CT molecular complexity index is 2250. The van der Waals surface area contributed by atoms with Crippen LogP contribution < -0.4 is 9.47 Å². The first-order valence-corrected chi connectivity index (χ1v) is 17.2. The molecule has 0 bridgehead atoms. The number of anilines is 3. The SMILES string of the molecule is c1ccc(-c2ccc(N(c3ccc(-c4ccccc4)cc3)c3ccc(-c4cc[n+](C5c6ccccc6-c6ccccc65)cc4)cc3)cc2)cc1. The zero-order chi connectivity index (χ0) is 33.3. The van der Waals surface area contributed by atoms with E-state index in [1.807, 2.05) is 0 Å². The Morgan fingerprint density at radius 1 is 0.300 bits per heavy atom. The lowest BCUT2D eigenvalue weighted by Gasteiger charge is -2.26. The third kappa shape index (κ3) is 5.47. The van der Waals surface area contributed by atoms with Crippen LogP contribution in [0.3, 0.4) is 0 Å². The Hall–Kier alpha value is -6.51. The van der Waals surface area contributed by atoms with Crippen LogP contribution in [-0.4, -0.2) is 0 Å². The van der Waals surface area contributed by atoms with Gasteiger partial charge in [0.2, 0.25) is 6.04 Å². The van der Waals surface area contributed by atoms with Crippen LogP contribution in [0.1, 0.15) is 17.2 Å². The van der Waals surface area contributed by atoms with Crippen molar-refractivity contribution in [2.24, 2.45) is 0 Å². The molecule has 0 N–H and O–H groups in total. The van der Waals surface area contributed by atoms with Gasteiger partial charge in [-0.3, -0.25) is 0 Å². The molecule has 2 heteroatoms. The van der Waals surface area contributed by atoms with Gasteiger partial charge in [0.05, 0.1) is 0 Å². The molecule has 1 heterocycles. The molecule has 1 aliphatic carbocycles. The van der Waals surface area contributed by atoms with Gasteiger partial charge in [0.25, 0.3) is 0 Å². The van der Waals surface area contributed by atoms with Crippen LogP contribution in [0.5, 0.6) is 0 Å². The van der Waals surface area contributed by atoms with Crippen LogP contribution in [0.2, 0.25) is 0 Å². The minimum Gasteiger partial charge on any atom is -0.311 e. The van der Waals surface area contributed by atoms with Gasteiger partial charge in [0, 0.05) is 40.3 Å². The van der Waals surface area contributed by atoms with E-state index < -0.39 is 0 Å². The number of hydrogen-bond donors (Lipinski definition) is 0. The molecule has 0 spiro atoms. The quantitative estimate of drug-likeness (QED) is 0.157. The van der Waals surface area contributed by atoms with Crippen LogP contribution >= 0.6 is 0 Å². The van der Waals surface area contributed by atoms with Gasteiger partial charge in [-0.05, 0) is 80.9 Å². The van der Waals surface area contributed by atoms with Crippen molar-refractivity contribution in [3.05, 3.63) is 218 Å². The maximum atomic E-state index is 2.34. The van der Waals surface area contributed by atoms with E-state index >= 15 is 0 Å². The molecule has 2 nitrogen and oxygen atoms in total. The third-order valence-corrected chi connectivity index (χ3v) is 9.88. The summed E-state index contributed by atoms with van der Waals surface area (Å²) in [6.07, 6.45) is 4.45. The van der Waals surface area contributed by atoms with E-state index in [-0.39, 0.29) is 6.04 Å². The summed E-state index contributed by atoms with van der Waals surface area (Å²) in [5, 5.41) is 0. The van der Waals surface area contributed by atoms with Crippen molar-refractivity contribution in [3.63, 3.8) is 0 Å². The molecule has 0 amide bonds. The highest BCUT2D eigenvalue weighted by Gasteiger charge is 2.34. The number of pyridine rings is 1. The fourth-order valence-corrected chi connectivity index (χ4v) is 7.37. The number of rotatable bonds is 7. The van der Waals surface area contributed by atoms with E-state index in [2.05, 4.69) is 216 Å². The topological polar surface area (TPSA) is 7.12 Å². The second-order valence-electron chi connectivity index (χ2n) is 12.8. The summed E-state index contributed by atoms with van der Waals surface area (Å²) < 4.78 is 2.34. The molecule has 9 rings (SSSR count).